The number of hydrogen-bond acceptors (Lipinski definition) is 15. The number of carbonyl (C=O) groups is 2. The number of anilines is 9. The highest BCUT2D eigenvalue weighted by Gasteiger charge is 2.23. The number of piperazine rings is 1. The molecule has 1 amide bonds. The lowest BCUT2D eigenvalue weighted by atomic mass is 10.0. The molecule has 16 rings (SSSR count). The Balaban J connectivity index is 0.000000125. The van der Waals surface area contributed by atoms with Gasteiger partial charge in [-0.3, -0.25) is 32.5 Å². The summed E-state index contributed by atoms with van der Waals surface area (Å²) in [5.74, 6) is 0.0709. The van der Waals surface area contributed by atoms with Crippen LogP contribution >= 0.6 is 0 Å². The molecule has 3 saturated heterocycles. The van der Waals surface area contributed by atoms with Crippen molar-refractivity contribution in [3.63, 3.8) is 0 Å². The Kier molecular flexibility index (Phi) is 18.3. The smallest absolute Gasteiger partial charge is 0.251 e. The second-order valence-corrected chi connectivity index (χ2v) is 25.1. The number of aromatic amines is 1. The van der Waals surface area contributed by atoms with Crippen molar-refractivity contribution in [1.82, 2.24) is 43.4 Å². The van der Waals surface area contributed by atoms with Crippen LogP contribution in [0.5, 0.6) is 0 Å². The van der Waals surface area contributed by atoms with Crippen molar-refractivity contribution in [1.29, 1.82) is 0 Å². The number of ketones is 1. The number of pyridine rings is 4. The number of rotatable bonds is 14. The Hall–Kier alpha value is -11.1. The average Bonchev–Trinajstić information content (AvgIpc) is 1.74. The molecule has 7 aromatic heterocycles. The fourth-order valence-electron chi connectivity index (χ4n) is 13.4. The number of carbonyl (C=O) groups excluding carboxylic acids is 2. The number of hydrogen-bond donors (Lipinski definition) is 5. The number of amides is 1. The minimum atomic E-state index is -0.126. The van der Waals surface area contributed by atoms with Crippen LogP contribution in [0.4, 0.5) is 51.2 Å². The van der Waals surface area contributed by atoms with Gasteiger partial charge in [0, 0.05) is 165 Å². The fourth-order valence-corrected chi connectivity index (χ4v) is 13.4. The van der Waals surface area contributed by atoms with Crippen LogP contribution in [-0.2, 0) is 16.0 Å². The van der Waals surface area contributed by atoms with Gasteiger partial charge in [0.2, 0.25) is 5.56 Å². The molecular formula is C77H79N15O5. The van der Waals surface area contributed by atoms with Gasteiger partial charge >= 0.3 is 0 Å². The summed E-state index contributed by atoms with van der Waals surface area (Å²) in [4.78, 5) is 61.4. The third kappa shape index (κ3) is 13.8. The summed E-state index contributed by atoms with van der Waals surface area (Å²) in [6.45, 7) is 22.2. The lowest BCUT2D eigenvalue weighted by Crippen LogP contribution is -2.49. The summed E-state index contributed by atoms with van der Waals surface area (Å²) in [7, 11) is 0. The van der Waals surface area contributed by atoms with E-state index in [4.69, 9.17) is 9.47 Å². The maximum atomic E-state index is 11.9. The van der Waals surface area contributed by atoms with Crippen LogP contribution in [-0.4, -0.2) is 135 Å². The molecule has 0 bridgehead atoms. The van der Waals surface area contributed by atoms with Crippen LogP contribution in [0.15, 0.2) is 200 Å². The summed E-state index contributed by atoms with van der Waals surface area (Å²) in [6.07, 6.45) is 12.9. The van der Waals surface area contributed by atoms with Gasteiger partial charge in [0.25, 0.3) is 5.91 Å². The van der Waals surface area contributed by atoms with E-state index in [9.17, 15) is 14.4 Å². The van der Waals surface area contributed by atoms with Gasteiger partial charge in [-0.25, -0.2) is 15.0 Å². The largest absolute Gasteiger partial charge is 0.378 e. The first-order chi connectivity index (χ1) is 47.3. The predicted molar refractivity (Wildman–Crippen MR) is 387 cm³/mol. The number of nitrogens with one attached hydrogen (secondary N) is 5. The average molecular weight is 1290 g/mol. The maximum absolute atomic E-state index is 11.9. The minimum absolute atomic E-state index is 0.00138. The Labute approximate surface area is 563 Å². The summed E-state index contributed by atoms with van der Waals surface area (Å²) in [5, 5.41) is 13.5. The highest BCUT2D eigenvalue weighted by Crippen LogP contribution is 2.35. The standard InChI is InChI=1S/C29H33N5O.C25H23N5O2.C23H23N5O2/c1-20(2)32-15-17-33(18-16-32)27-11-9-25(19-21(27)3)31-26-10-12-28(34-14-13-30-29(26)34)24-7-5-23(6-8-24)22(4)35;31-25-21-6-1-17(15-18(21)16-27-25)23-8-7-22(24-26-9-10-30(23)24)28-19-2-4-20(5-3-19)29-11-13-32-14-12-29;1-16-14-18(2-4-20(16)27-10-12-30-13-11-27)26-19-3-5-21(28-9-8-25-23(19)28)17-6-7-24-22(29)15-17/h5-14,19-20,31H,15-18H2,1-4H3;1-10,15,28H,11-14,16H2,(H,27,31);2-9,14-15,26H,10-13H2,1H3,(H,24,29). The molecule has 3 fully saturated rings. The third-order valence-corrected chi connectivity index (χ3v) is 18.6. The fraction of sp³-hybridized carbons (Fsp3) is 0.247. The SMILES string of the molecule is CC(=O)c1ccc(-c2ccc(Nc3ccc(N4CCN(C(C)C)CC4)c(C)c3)c3nccn23)cc1.Cc1cc(Nc2ccc(-c3cc[nH]c(=O)c3)n3ccnc23)ccc1N1CCOCC1.O=C1NCc2cc(-c3ccc(Nc4ccc(N5CCOCC5)cc4)c4nccn34)ccc21. The monoisotopic (exact) mass is 1290 g/mol. The normalized spacial score (nSPS) is 14.8. The van der Waals surface area contributed by atoms with Gasteiger partial charge in [-0.15, -0.1) is 0 Å². The molecule has 20 nitrogen and oxygen atoms in total. The molecule has 0 aliphatic carbocycles. The topological polar surface area (TPSA) is 198 Å². The Morgan fingerprint density at radius 1 is 0.495 bits per heavy atom. The molecule has 4 aliphatic rings. The van der Waals surface area contributed by atoms with Crippen LogP contribution in [0.2, 0.25) is 0 Å². The number of benzene rings is 5. The lowest BCUT2D eigenvalue weighted by Gasteiger charge is -2.38. The number of aryl methyl sites for hydroxylation is 2. The van der Waals surface area contributed by atoms with E-state index < -0.39 is 0 Å². The van der Waals surface area contributed by atoms with Gasteiger partial charge in [-0.05, 0) is 178 Å². The van der Waals surface area contributed by atoms with E-state index in [0.717, 1.165) is 180 Å². The van der Waals surface area contributed by atoms with E-state index in [1.54, 1.807) is 25.4 Å². The van der Waals surface area contributed by atoms with Gasteiger partial charge in [0.15, 0.2) is 22.7 Å². The number of H-pyrrole nitrogens is 1. The van der Waals surface area contributed by atoms with Crippen LogP contribution < -0.4 is 41.5 Å². The van der Waals surface area contributed by atoms with Crippen molar-refractivity contribution >= 4 is 79.8 Å². The number of fused-ring (bicyclic) bond motifs is 4. The van der Waals surface area contributed by atoms with Crippen molar-refractivity contribution in [2.24, 2.45) is 0 Å². The molecule has 0 radical (unpaired) electrons. The molecule has 97 heavy (non-hydrogen) atoms. The first-order valence-electron chi connectivity index (χ1n) is 33.2. The number of imidazole rings is 3. The van der Waals surface area contributed by atoms with E-state index in [0.29, 0.717) is 12.6 Å². The zero-order chi connectivity index (χ0) is 66.5. The van der Waals surface area contributed by atoms with E-state index >= 15 is 0 Å². The van der Waals surface area contributed by atoms with Crippen LogP contribution in [0.1, 0.15) is 58.2 Å². The van der Waals surface area contributed by atoms with E-state index in [1.165, 1.54) is 28.2 Å². The van der Waals surface area contributed by atoms with E-state index in [2.05, 4.69) is 188 Å². The molecule has 20 heteroatoms. The van der Waals surface area contributed by atoms with Crippen molar-refractivity contribution in [2.45, 2.75) is 47.2 Å². The quantitative estimate of drug-likeness (QED) is 0.0644. The third-order valence-electron chi connectivity index (χ3n) is 18.6. The maximum Gasteiger partial charge on any atom is 0.251 e. The molecule has 0 atom stereocenters. The van der Waals surface area contributed by atoms with E-state index in [1.807, 2.05) is 90.0 Å². The van der Waals surface area contributed by atoms with Gasteiger partial charge in [-0.2, -0.15) is 0 Å². The predicted octanol–water partition coefficient (Wildman–Crippen LogP) is 13.2. The van der Waals surface area contributed by atoms with Crippen molar-refractivity contribution in [3.8, 4) is 33.8 Å². The number of Topliss-reactive ketones (excluding diaryl/α,β-unsaturated/α-hetero) is 1. The van der Waals surface area contributed by atoms with Crippen LogP contribution in [0.3, 0.4) is 0 Å². The zero-order valence-electron chi connectivity index (χ0n) is 55.3. The molecule has 11 heterocycles. The molecule has 0 spiro atoms. The van der Waals surface area contributed by atoms with Gasteiger partial charge in [-0.1, -0.05) is 30.3 Å². The van der Waals surface area contributed by atoms with Crippen molar-refractivity contribution in [2.75, 3.05) is 109 Å². The van der Waals surface area contributed by atoms with Crippen LogP contribution in [0, 0.1) is 13.8 Å². The molecule has 0 unspecified atom stereocenters. The van der Waals surface area contributed by atoms with Gasteiger partial charge < -0.3 is 50.4 Å². The first kappa shape index (κ1) is 63.3. The minimum Gasteiger partial charge on any atom is -0.378 e. The first-order valence-corrected chi connectivity index (χ1v) is 33.2. The lowest BCUT2D eigenvalue weighted by molar-refractivity contribution is 0.0964. The molecular weight excluding hydrogens is 1210 g/mol. The van der Waals surface area contributed by atoms with Crippen molar-refractivity contribution in [3.05, 3.63) is 233 Å². The summed E-state index contributed by atoms with van der Waals surface area (Å²) in [5.41, 5.74) is 23.0. The molecule has 0 saturated carbocycles. The Morgan fingerprint density at radius 3 is 1.47 bits per heavy atom. The second-order valence-electron chi connectivity index (χ2n) is 25.1. The Bertz CT molecular complexity index is 4880. The highest BCUT2D eigenvalue weighted by molar-refractivity contribution is 5.99. The molecule has 12 aromatic rings. The summed E-state index contributed by atoms with van der Waals surface area (Å²) < 4.78 is 17.1. The van der Waals surface area contributed by atoms with Gasteiger partial charge in [0.05, 0.1) is 60.6 Å². The summed E-state index contributed by atoms with van der Waals surface area (Å²) >= 11 is 0. The van der Waals surface area contributed by atoms with Crippen LogP contribution in [0.25, 0.3) is 50.7 Å². The Morgan fingerprint density at radius 2 is 0.969 bits per heavy atom. The highest BCUT2D eigenvalue weighted by atomic mass is 16.5. The number of aromatic nitrogens is 7. The second kappa shape index (κ2) is 28.1. The molecule has 492 valence electrons. The van der Waals surface area contributed by atoms with Gasteiger partial charge in [0.1, 0.15) is 0 Å². The zero-order valence-corrected chi connectivity index (χ0v) is 55.3. The molecule has 5 N–H and O–H groups in total. The number of ether oxygens (including phenoxy) is 2. The number of nitrogens with zero attached hydrogens (tertiary/aromatic N) is 10. The summed E-state index contributed by atoms with van der Waals surface area (Å²) in [6, 6.07) is 51.6. The number of morpholine rings is 2. The molecule has 4 aliphatic heterocycles. The van der Waals surface area contributed by atoms with Crippen molar-refractivity contribution < 1.29 is 19.1 Å². The molecule has 5 aromatic carbocycles. The van der Waals surface area contributed by atoms with E-state index in [-0.39, 0.29) is 17.2 Å².